The maximum atomic E-state index is 13.4. The van der Waals surface area contributed by atoms with Crippen molar-refractivity contribution in [1.82, 2.24) is 4.90 Å². The molecule has 4 nitrogen and oxygen atoms in total. The minimum absolute atomic E-state index is 0.0601. The molecule has 2 atom stereocenters. The van der Waals surface area contributed by atoms with Crippen LogP contribution in [0.1, 0.15) is 61.5 Å². The molecule has 2 unspecified atom stereocenters. The van der Waals surface area contributed by atoms with Gasteiger partial charge in [0.25, 0.3) is 0 Å². The fourth-order valence-corrected chi connectivity index (χ4v) is 4.47. The molecule has 2 aromatic carbocycles. The molecule has 3 rings (SSSR count). The van der Waals surface area contributed by atoms with Gasteiger partial charge in [-0.05, 0) is 61.6 Å². The van der Waals surface area contributed by atoms with Gasteiger partial charge < -0.3 is 14.7 Å². The highest BCUT2D eigenvalue weighted by atomic mass is 35.5. The van der Waals surface area contributed by atoms with Crippen molar-refractivity contribution in [2.45, 2.75) is 64.0 Å². The average Bonchev–Trinajstić information content (AvgIpc) is 2.69. The van der Waals surface area contributed by atoms with E-state index in [1.54, 1.807) is 43.9 Å². The zero-order chi connectivity index (χ0) is 24.6. The Morgan fingerprint density at radius 2 is 1.82 bits per heavy atom. The van der Waals surface area contributed by atoms with Crippen LogP contribution < -0.4 is 0 Å². The lowest BCUT2D eigenvalue weighted by Crippen LogP contribution is -2.39. The molecule has 1 aliphatic rings. The summed E-state index contributed by atoms with van der Waals surface area (Å²) in [6, 6.07) is 9.29. The number of aliphatic hydroxyl groups excluding tert-OH is 1. The number of amides is 1. The van der Waals surface area contributed by atoms with Crippen molar-refractivity contribution in [1.29, 1.82) is 0 Å². The molecule has 1 aliphatic heterocycles. The molecule has 0 saturated heterocycles. The third-order valence-corrected chi connectivity index (χ3v) is 5.99. The predicted molar refractivity (Wildman–Crippen MR) is 122 cm³/mol. The van der Waals surface area contributed by atoms with Crippen LogP contribution in [0.15, 0.2) is 36.4 Å². The van der Waals surface area contributed by atoms with E-state index in [1.807, 2.05) is 0 Å². The molecule has 0 saturated carbocycles. The molecule has 33 heavy (non-hydrogen) atoms. The molecular weight excluding hydrogens is 478 g/mol. The fraction of sp³-hybridized carbons (Fsp3) is 0.458. The number of carbonyl (C=O) groups excluding carboxylic acids is 1. The van der Waals surface area contributed by atoms with Crippen molar-refractivity contribution in [3.8, 4) is 0 Å². The number of halogens is 5. The third kappa shape index (κ3) is 6.78. The molecule has 9 heteroatoms. The van der Waals surface area contributed by atoms with Gasteiger partial charge in [-0.15, -0.1) is 0 Å². The number of benzene rings is 2. The van der Waals surface area contributed by atoms with Crippen LogP contribution in [-0.2, 0) is 17.7 Å². The highest BCUT2D eigenvalue weighted by molar-refractivity contribution is 6.35. The second-order valence-electron chi connectivity index (χ2n) is 9.22. The zero-order valence-electron chi connectivity index (χ0n) is 18.5. The second-order valence-corrected chi connectivity index (χ2v) is 10.1. The van der Waals surface area contributed by atoms with Gasteiger partial charge in [0.15, 0.2) is 0 Å². The largest absolute Gasteiger partial charge is 0.444 e. The number of alkyl halides is 3. The van der Waals surface area contributed by atoms with Gasteiger partial charge >= 0.3 is 12.3 Å². The number of ether oxygens (including phenoxy) is 1. The highest BCUT2D eigenvalue weighted by Crippen LogP contribution is 2.43. The van der Waals surface area contributed by atoms with E-state index >= 15 is 0 Å². The van der Waals surface area contributed by atoms with E-state index in [0.29, 0.717) is 23.6 Å². The van der Waals surface area contributed by atoms with Crippen LogP contribution in [0, 0.1) is 0 Å². The van der Waals surface area contributed by atoms with Gasteiger partial charge in [0.2, 0.25) is 0 Å². The normalized spacial score (nSPS) is 16.2. The Kier molecular flexibility index (Phi) is 7.56. The quantitative estimate of drug-likeness (QED) is 0.485. The summed E-state index contributed by atoms with van der Waals surface area (Å²) >= 11 is 12.1. The van der Waals surface area contributed by atoms with E-state index in [-0.39, 0.29) is 17.1 Å². The Bertz CT molecular complexity index is 1020. The SMILES string of the molecule is CC(C)(C)OC(=O)N1CCc2ccc(C(O)C(CC(F)(F)F)c3ccc(Cl)cc3Cl)cc2C1. The van der Waals surface area contributed by atoms with Gasteiger partial charge in [0, 0.05) is 29.1 Å². The molecule has 1 amide bonds. The van der Waals surface area contributed by atoms with Crippen molar-refractivity contribution >= 4 is 29.3 Å². The van der Waals surface area contributed by atoms with Crippen molar-refractivity contribution in [3.63, 3.8) is 0 Å². The number of hydrogen-bond acceptors (Lipinski definition) is 3. The first-order chi connectivity index (χ1) is 15.2. The van der Waals surface area contributed by atoms with E-state index in [1.165, 1.54) is 18.2 Å². The first kappa shape index (κ1) is 25.7. The van der Waals surface area contributed by atoms with Crippen LogP contribution in [0.2, 0.25) is 10.0 Å². The van der Waals surface area contributed by atoms with Crippen LogP contribution in [0.5, 0.6) is 0 Å². The maximum Gasteiger partial charge on any atom is 0.410 e. The summed E-state index contributed by atoms with van der Waals surface area (Å²) in [5.74, 6) is -1.32. The van der Waals surface area contributed by atoms with Crippen LogP contribution >= 0.6 is 23.2 Å². The summed E-state index contributed by atoms with van der Waals surface area (Å²) in [6.45, 7) is 6.05. The van der Waals surface area contributed by atoms with Crippen molar-refractivity contribution < 1.29 is 27.8 Å². The van der Waals surface area contributed by atoms with E-state index in [0.717, 1.165) is 11.1 Å². The van der Waals surface area contributed by atoms with E-state index in [9.17, 15) is 23.1 Å². The monoisotopic (exact) mass is 503 g/mol. The molecule has 1 N–H and O–H groups in total. The van der Waals surface area contributed by atoms with Crippen molar-refractivity contribution in [2.75, 3.05) is 6.54 Å². The first-order valence-corrected chi connectivity index (χ1v) is 11.3. The molecule has 1 heterocycles. The zero-order valence-corrected chi connectivity index (χ0v) is 20.1. The second kappa shape index (κ2) is 9.72. The van der Waals surface area contributed by atoms with Gasteiger partial charge in [0.05, 0.1) is 12.5 Å². The summed E-state index contributed by atoms with van der Waals surface area (Å²) in [6.07, 6.45) is -7.11. The summed E-state index contributed by atoms with van der Waals surface area (Å²) in [4.78, 5) is 14.0. The Labute approximate surface area is 201 Å². The average molecular weight is 504 g/mol. The first-order valence-electron chi connectivity index (χ1n) is 10.5. The summed E-state index contributed by atoms with van der Waals surface area (Å²) < 4.78 is 45.6. The molecular formula is C24H26Cl2F3NO3. The molecule has 0 spiro atoms. The minimum atomic E-state index is -4.52. The van der Waals surface area contributed by atoms with Crippen molar-refractivity contribution in [2.24, 2.45) is 0 Å². The molecule has 0 bridgehead atoms. The standard InChI is InChI=1S/C24H26Cl2F3NO3/c1-23(2,3)33-22(32)30-9-8-14-4-5-15(10-16(14)13-30)21(31)19(12-24(27,28)29)18-7-6-17(25)11-20(18)26/h4-7,10-11,19,21,31H,8-9,12-13H2,1-3H3. The molecule has 2 aromatic rings. The minimum Gasteiger partial charge on any atom is -0.444 e. The Morgan fingerprint density at radius 1 is 1.12 bits per heavy atom. The van der Waals surface area contributed by atoms with Crippen LogP contribution in [0.3, 0.4) is 0 Å². The lowest BCUT2D eigenvalue weighted by Gasteiger charge is -2.32. The third-order valence-electron chi connectivity index (χ3n) is 5.43. The van der Waals surface area contributed by atoms with Crippen LogP contribution in [-0.4, -0.2) is 34.4 Å². The molecule has 0 aromatic heterocycles. The molecule has 180 valence electrons. The topological polar surface area (TPSA) is 49.8 Å². The summed E-state index contributed by atoms with van der Waals surface area (Å²) in [5.41, 5.74) is 1.58. The molecule has 0 fully saturated rings. The van der Waals surface area contributed by atoms with Crippen molar-refractivity contribution in [3.05, 3.63) is 68.7 Å². The van der Waals surface area contributed by atoms with Gasteiger partial charge in [-0.25, -0.2) is 4.79 Å². The number of aliphatic hydroxyl groups is 1. The van der Waals surface area contributed by atoms with Crippen LogP contribution in [0.4, 0.5) is 18.0 Å². The summed E-state index contributed by atoms with van der Waals surface area (Å²) in [7, 11) is 0. The number of carbonyl (C=O) groups is 1. The van der Waals surface area contributed by atoms with Gasteiger partial charge in [-0.3, -0.25) is 0 Å². The van der Waals surface area contributed by atoms with Gasteiger partial charge in [0.1, 0.15) is 5.60 Å². The maximum absolute atomic E-state index is 13.4. The fourth-order valence-electron chi connectivity index (χ4n) is 3.92. The Hall–Kier alpha value is -1.96. The number of hydrogen-bond donors (Lipinski definition) is 1. The van der Waals surface area contributed by atoms with E-state index in [4.69, 9.17) is 27.9 Å². The molecule has 0 aliphatic carbocycles. The lowest BCUT2D eigenvalue weighted by atomic mass is 9.85. The number of rotatable bonds is 4. The predicted octanol–water partition coefficient (Wildman–Crippen LogP) is 7.06. The van der Waals surface area contributed by atoms with Gasteiger partial charge in [-0.2, -0.15) is 13.2 Å². The summed E-state index contributed by atoms with van der Waals surface area (Å²) in [5, 5.41) is 11.4. The Balaban J connectivity index is 1.90. The molecule has 0 radical (unpaired) electrons. The van der Waals surface area contributed by atoms with E-state index in [2.05, 4.69) is 0 Å². The Morgan fingerprint density at radius 3 is 2.42 bits per heavy atom. The van der Waals surface area contributed by atoms with Crippen LogP contribution in [0.25, 0.3) is 0 Å². The highest BCUT2D eigenvalue weighted by Gasteiger charge is 2.38. The lowest BCUT2D eigenvalue weighted by molar-refractivity contribution is -0.145. The smallest absolute Gasteiger partial charge is 0.410 e. The van der Waals surface area contributed by atoms with Gasteiger partial charge in [-0.1, -0.05) is 47.5 Å². The number of nitrogens with zero attached hydrogens (tertiary/aromatic N) is 1. The van der Waals surface area contributed by atoms with E-state index < -0.39 is 36.3 Å². The number of fused-ring (bicyclic) bond motifs is 1.